The first-order chi connectivity index (χ1) is 14.7. The van der Waals surface area contributed by atoms with Crippen LogP contribution in [0.2, 0.25) is 0 Å². The van der Waals surface area contributed by atoms with Crippen molar-refractivity contribution < 1.29 is 17.6 Å². The standard InChI is InChI=1S/C23H26N2O5S/c1-4-25(31(3,28)29)15-9-14-24-23(27)19-13-8-12-18-20(26)16(2)21(30-22(18)19)17-10-6-5-7-11-17/h5-8,10-13H,4,9,14-15H2,1-3H3,(H,24,27). The van der Waals surface area contributed by atoms with E-state index in [-0.39, 0.29) is 22.5 Å². The highest BCUT2D eigenvalue weighted by Gasteiger charge is 2.18. The Bertz CT molecular complexity index is 1250. The summed E-state index contributed by atoms with van der Waals surface area (Å²) in [5.41, 5.74) is 1.57. The maximum absolute atomic E-state index is 12.9. The molecular weight excluding hydrogens is 416 g/mol. The van der Waals surface area contributed by atoms with Crippen LogP contribution in [0.25, 0.3) is 22.3 Å². The lowest BCUT2D eigenvalue weighted by molar-refractivity contribution is 0.0953. The second kappa shape index (κ2) is 9.45. The Morgan fingerprint density at radius 1 is 1.10 bits per heavy atom. The Kier molecular flexibility index (Phi) is 6.92. The van der Waals surface area contributed by atoms with Gasteiger partial charge in [-0.25, -0.2) is 12.7 Å². The summed E-state index contributed by atoms with van der Waals surface area (Å²) >= 11 is 0. The van der Waals surface area contributed by atoms with Gasteiger partial charge in [0, 0.05) is 30.8 Å². The molecule has 7 nitrogen and oxygen atoms in total. The quantitative estimate of drug-likeness (QED) is 0.541. The van der Waals surface area contributed by atoms with Gasteiger partial charge in [-0.3, -0.25) is 9.59 Å². The third kappa shape index (κ3) is 5.03. The fourth-order valence-corrected chi connectivity index (χ4v) is 4.39. The SMILES string of the molecule is CCN(CCCNC(=O)c1cccc2c(=O)c(C)c(-c3ccccc3)oc12)S(C)(=O)=O. The number of rotatable bonds is 8. The number of para-hydroxylation sites is 1. The zero-order chi connectivity index (χ0) is 22.6. The molecule has 31 heavy (non-hydrogen) atoms. The summed E-state index contributed by atoms with van der Waals surface area (Å²) < 4.78 is 30.7. The molecule has 0 radical (unpaired) electrons. The van der Waals surface area contributed by atoms with Crippen molar-refractivity contribution >= 4 is 26.9 Å². The van der Waals surface area contributed by atoms with Gasteiger partial charge in [0.2, 0.25) is 10.0 Å². The predicted octanol–water partition coefficient (Wildman–Crippen LogP) is 3.17. The monoisotopic (exact) mass is 442 g/mol. The molecule has 0 aliphatic heterocycles. The van der Waals surface area contributed by atoms with Gasteiger partial charge in [0.25, 0.3) is 5.91 Å². The van der Waals surface area contributed by atoms with Crippen molar-refractivity contribution in [2.45, 2.75) is 20.3 Å². The van der Waals surface area contributed by atoms with E-state index in [4.69, 9.17) is 4.42 Å². The number of hydrogen-bond donors (Lipinski definition) is 1. The van der Waals surface area contributed by atoms with Gasteiger partial charge >= 0.3 is 0 Å². The van der Waals surface area contributed by atoms with E-state index in [2.05, 4.69) is 5.32 Å². The van der Waals surface area contributed by atoms with E-state index >= 15 is 0 Å². The molecule has 164 valence electrons. The lowest BCUT2D eigenvalue weighted by Crippen LogP contribution is -2.33. The Morgan fingerprint density at radius 3 is 2.45 bits per heavy atom. The van der Waals surface area contributed by atoms with Gasteiger partial charge < -0.3 is 9.73 Å². The molecule has 1 N–H and O–H groups in total. The summed E-state index contributed by atoms with van der Waals surface area (Å²) in [5, 5.41) is 3.14. The molecule has 8 heteroatoms. The number of carbonyl (C=O) groups excluding carboxylic acids is 1. The Labute approximate surface area is 181 Å². The molecule has 3 aromatic rings. The van der Waals surface area contributed by atoms with Crippen molar-refractivity contribution in [2.24, 2.45) is 0 Å². The average molecular weight is 443 g/mol. The van der Waals surface area contributed by atoms with Crippen LogP contribution in [0.3, 0.4) is 0 Å². The third-order valence-corrected chi connectivity index (χ3v) is 6.50. The van der Waals surface area contributed by atoms with Crippen LogP contribution in [0.4, 0.5) is 0 Å². The van der Waals surface area contributed by atoms with Crippen LogP contribution in [-0.4, -0.2) is 44.5 Å². The molecule has 0 aliphatic carbocycles. The first kappa shape index (κ1) is 22.7. The summed E-state index contributed by atoms with van der Waals surface area (Å²) in [6.45, 7) is 4.47. The molecule has 0 unspecified atom stereocenters. The highest BCUT2D eigenvalue weighted by Crippen LogP contribution is 2.27. The van der Waals surface area contributed by atoms with E-state index in [1.54, 1.807) is 32.0 Å². The second-order valence-electron chi connectivity index (χ2n) is 7.30. The van der Waals surface area contributed by atoms with Crippen LogP contribution >= 0.6 is 0 Å². The molecule has 3 rings (SSSR count). The average Bonchev–Trinajstić information content (AvgIpc) is 2.75. The third-order valence-electron chi connectivity index (χ3n) is 5.12. The predicted molar refractivity (Wildman–Crippen MR) is 122 cm³/mol. The maximum atomic E-state index is 12.9. The minimum atomic E-state index is -3.27. The molecule has 1 aromatic heterocycles. The van der Waals surface area contributed by atoms with Gasteiger partial charge in [0.15, 0.2) is 11.0 Å². The van der Waals surface area contributed by atoms with E-state index in [0.717, 1.165) is 5.56 Å². The van der Waals surface area contributed by atoms with E-state index in [1.807, 2.05) is 30.3 Å². The van der Waals surface area contributed by atoms with Crippen molar-refractivity contribution in [1.29, 1.82) is 0 Å². The zero-order valence-corrected chi connectivity index (χ0v) is 18.7. The molecule has 1 heterocycles. The largest absolute Gasteiger partial charge is 0.455 e. The summed E-state index contributed by atoms with van der Waals surface area (Å²) in [6.07, 6.45) is 1.63. The van der Waals surface area contributed by atoms with E-state index < -0.39 is 10.0 Å². The van der Waals surface area contributed by atoms with Crippen LogP contribution in [0.15, 0.2) is 57.7 Å². The summed E-state index contributed by atoms with van der Waals surface area (Å²) in [5.74, 6) is 0.0594. The van der Waals surface area contributed by atoms with Crippen LogP contribution in [0.1, 0.15) is 29.3 Å². The van der Waals surface area contributed by atoms with Crippen molar-refractivity contribution in [3.05, 3.63) is 69.9 Å². The van der Waals surface area contributed by atoms with Gasteiger partial charge in [0.05, 0.1) is 17.2 Å². The first-order valence-electron chi connectivity index (χ1n) is 10.1. The van der Waals surface area contributed by atoms with Crippen LogP contribution < -0.4 is 10.7 Å². The lowest BCUT2D eigenvalue weighted by atomic mass is 10.0. The van der Waals surface area contributed by atoms with E-state index in [1.165, 1.54) is 10.6 Å². The topological polar surface area (TPSA) is 96.7 Å². The summed E-state index contributed by atoms with van der Waals surface area (Å²) in [4.78, 5) is 25.7. The first-order valence-corrected chi connectivity index (χ1v) is 11.9. The molecule has 2 aromatic carbocycles. The molecule has 0 bridgehead atoms. The fraction of sp³-hybridized carbons (Fsp3) is 0.304. The van der Waals surface area contributed by atoms with Crippen LogP contribution in [0.5, 0.6) is 0 Å². The minimum Gasteiger partial charge on any atom is -0.455 e. The molecule has 0 fully saturated rings. The number of nitrogens with one attached hydrogen (secondary N) is 1. The summed E-state index contributed by atoms with van der Waals surface area (Å²) in [7, 11) is -3.27. The number of nitrogens with zero attached hydrogens (tertiary/aromatic N) is 1. The van der Waals surface area contributed by atoms with Gasteiger partial charge in [0.1, 0.15) is 5.76 Å². The molecule has 0 atom stereocenters. The molecule has 0 aliphatic rings. The Morgan fingerprint density at radius 2 is 1.81 bits per heavy atom. The van der Waals surface area contributed by atoms with Gasteiger partial charge in [-0.05, 0) is 25.5 Å². The van der Waals surface area contributed by atoms with Crippen molar-refractivity contribution in [3.8, 4) is 11.3 Å². The van der Waals surface area contributed by atoms with Crippen molar-refractivity contribution in [2.75, 3.05) is 25.9 Å². The Hall–Kier alpha value is -2.97. The van der Waals surface area contributed by atoms with Gasteiger partial charge in [-0.1, -0.05) is 43.3 Å². The highest BCUT2D eigenvalue weighted by molar-refractivity contribution is 7.88. The number of benzene rings is 2. The molecule has 0 saturated carbocycles. The van der Waals surface area contributed by atoms with Crippen LogP contribution in [0, 0.1) is 6.92 Å². The maximum Gasteiger partial charge on any atom is 0.255 e. The lowest BCUT2D eigenvalue weighted by Gasteiger charge is -2.17. The smallest absolute Gasteiger partial charge is 0.255 e. The number of carbonyl (C=O) groups is 1. The number of hydrogen-bond acceptors (Lipinski definition) is 5. The van der Waals surface area contributed by atoms with E-state index in [9.17, 15) is 18.0 Å². The van der Waals surface area contributed by atoms with E-state index in [0.29, 0.717) is 42.8 Å². The zero-order valence-electron chi connectivity index (χ0n) is 17.8. The van der Waals surface area contributed by atoms with Crippen molar-refractivity contribution in [1.82, 2.24) is 9.62 Å². The van der Waals surface area contributed by atoms with Crippen LogP contribution in [-0.2, 0) is 10.0 Å². The normalized spacial score (nSPS) is 11.7. The summed E-state index contributed by atoms with van der Waals surface area (Å²) in [6, 6.07) is 14.2. The second-order valence-corrected chi connectivity index (χ2v) is 9.28. The fourth-order valence-electron chi connectivity index (χ4n) is 3.46. The molecular formula is C23H26N2O5S. The molecule has 0 spiro atoms. The van der Waals surface area contributed by atoms with Gasteiger partial charge in [-0.15, -0.1) is 0 Å². The minimum absolute atomic E-state index is 0.179. The van der Waals surface area contributed by atoms with Crippen molar-refractivity contribution in [3.63, 3.8) is 0 Å². The Balaban J connectivity index is 1.86. The van der Waals surface area contributed by atoms with Gasteiger partial charge in [-0.2, -0.15) is 0 Å². The number of sulfonamides is 1. The highest BCUT2D eigenvalue weighted by atomic mass is 32.2. The molecule has 1 amide bonds. The molecule has 0 saturated heterocycles. The number of fused-ring (bicyclic) bond motifs is 1. The number of amides is 1.